The minimum atomic E-state index is -4.11. The van der Waals surface area contributed by atoms with Crippen molar-refractivity contribution in [2.45, 2.75) is 24.9 Å². The second-order valence-corrected chi connectivity index (χ2v) is 4.09. The molecule has 0 spiro atoms. The van der Waals surface area contributed by atoms with Crippen LogP contribution in [0.4, 0.5) is 13.2 Å². The summed E-state index contributed by atoms with van der Waals surface area (Å²) >= 11 is 0.00565. The fraction of sp³-hybridized carbons (Fsp3) is 1.00. The fourth-order valence-electron chi connectivity index (χ4n) is 0.869. The molecule has 0 aromatic rings. The van der Waals surface area contributed by atoms with E-state index in [1.54, 1.807) is 7.11 Å². The Bertz CT molecular complexity index is 143. The van der Waals surface area contributed by atoms with E-state index in [9.17, 15) is 13.2 Å². The molecular weight excluding hydrogens is 215 g/mol. The minimum Gasteiger partial charge on any atom is -0.385 e. The Balaban J connectivity index is 3.27. The molecule has 0 amide bonds. The molecule has 1 unspecified atom stereocenters. The molecule has 0 aromatic heterocycles. The largest absolute Gasteiger partial charge is 0.441 e. The number of methoxy groups -OCH3 is 1. The van der Waals surface area contributed by atoms with E-state index in [-0.39, 0.29) is 23.6 Å². The first-order chi connectivity index (χ1) is 6.45. The predicted octanol–water partition coefficient (Wildman–Crippen LogP) is 2.25. The quantitative estimate of drug-likeness (QED) is 0.679. The van der Waals surface area contributed by atoms with Crippen LogP contribution in [0.1, 0.15) is 13.3 Å². The molecule has 0 radical (unpaired) electrons. The Labute approximate surface area is 86.6 Å². The summed E-state index contributed by atoms with van der Waals surface area (Å²) in [5, 5.41) is 2.99. The molecule has 0 aliphatic carbocycles. The molecule has 2 nitrogen and oxygen atoms in total. The van der Waals surface area contributed by atoms with Gasteiger partial charge in [-0.2, -0.15) is 13.2 Å². The number of alkyl halides is 3. The van der Waals surface area contributed by atoms with Crippen molar-refractivity contribution in [3.8, 4) is 0 Å². The number of halogens is 3. The van der Waals surface area contributed by atoms with Gasteiger partial charge in [-0.15, -0.1) is 0 Å². The zero-order valence-corrected chi connectivity index (χ0v) is 9.17. The summed E-state index contributed by atoms with van der Waals surface area (Å²) in [6, 6.07) is 0.198. The molecule has 0 saturated heterocycles. The highest BCUT2D eigenvalue weighted by Crippen LogP contribution is 2.29. The molecule has 0 aliphatic rings. The maximum absolute atomic E-state index is 11.7. The second-order valence-electron chi connectivity index (χ2n) is 2.93. The lowest BCUT2D eigenvalue weighted by Crippen LogP contribution is -2.29. The van der Waals surface area contributed by atoms with Crippen LogP contribution < -0.4 is 5.32 Å². The number of nitrogens with one attached hydrogen (secondary N) is 1. The van der Waals surface area contributed by atoms with E-state index in [1.165, 1.54) is 0 Å². The molecule has 14 heavy (non-hydrogen) atoms. The maximum atomic E-state index is 11.7. The first-order valence-electron chi connectivity index (χ1n) is 4.38. The molecule has 0 saturated carbocycles. The summed E-state index contributed by atoms with van der Waals surface area (Å²) in [7, 11) is 1.60. The Morgan fingerprint density at radius 1 is 1.43 bits per heavy atom. The number of hydrogen-bond donors (Lipinski definition) is 1. The van der Waals surface area contributed by atoms with Crippen LogP contribution in [0, 0.1) is 0 Å². The van der Waals surface area contributed by atoms with Crippen molar-refractivity contribution in [2.75, 3.05) is 26.0 Å². The maximum Gasteiger partial charge on any atom is 0.441 e. The summed E-state index contributed by atoms with van der Waals surface area (Å²) in [4.78, 5) is 0. The molecule has 0 aliphatic heterocycles. The van der Waals surface area contributed by atoms with Gasteiger partial charge in [0.25, 0.3) is 0 Å². The van der Waals surface area contributed by atoms with E-state index in [0.29, 0.717) is 13.2 Å². The normalized spacial score (nSPS) is 14.4. The highest BCUT2D eigenvalue weighted by molar-refractivity contribution is 8.00. The van der Waals surface area contributed by atoms with Gasteiger partial charge < -0.3 is 10.1 Å². The van der Waals surface area contributed by atoms with Crippen molar-refractivity contribution in [1.29, 1.82) is 0 Å². The van der Waals surface area contributed by atoms with E-state index in [1.807, 2.05) is 6.92 Å². The number of thioether (sulfide) groups is 1. The van der Waals surface area contributed by atoms with E-state index < -0.39 is 5.51 Å². The molecule has 86 valence electrons. The van der Waals surface area contributed by atoms with Crippen LogP contribution in [0.15, 0.2) is 0 Å². The van der Waals surface area contributed by atoms with Crippen molar-refractivity contribution in [3.63, 3.8) is 0 Å². The van der Waals surface area contributed by atoms with Crippen molar-refractivity contribution in [1.82, 2.24) is 5.32 Å². The zero-order chi connectivity index (χ0) is 11.0. The number of rotatable bonds is 7. The van der Waals surface area contributed by atoms with Gasteiger partial charge in [-0.3, -0.25) is 0 Å². The van der Waals surface area contributed by atoms with Crippen LogP contribution in [0.5, 0.6) is 0 Å². The van der Waals surface area contributed by atoms with Gasteiger partial charge in [0.05, 0.1) is 0 Å². The minimum absolute atomic E-state index is 0.00565. The SMILES string of the molecule is COCCC(C)NCCSC(F)(F)F. The second kappa shape index (κ2) is 7.36. The van der Waals surface area contributed by atoms with E-state index in [2.05, 4.69) is 5.32 Å². The van der Waals surface area contributed by atoms with E-state index in [0.717, 1.165) is 6.42 Å². The monoisotopic (exact) mass is 231 g/mol. The van der Waals surface area contributed by atoms with Gasteiger partial charge >= 0.3 is 5.51 Å². The topological polar surface area (TPSA) is 21.3 Å². The van der Waals surface area contributed by atoms with Crippen LogP contribution in [0.25, 0.3) is 0 Å². The third-order valence-corrected chi connectivity index (χ3v) is 2.35. The van der Waals surface area contributed by atoms with Gasteiger partial charge in [0, 0.05) is 32.1 Å². The molecule has 0 bridgehead atoms. The Morgan fingerprint density at radius 2 is 2.07 bits per heavy atom. The van der Waals surface area contributed by atoms with E-state index in [4.69, 9.17) is 4.74 Å². The summed E-state index contributed by atoms with van der Waals surface area (Å²) < 4.78 is 39.9. The van der Waals surface area contributed by atoms with Crippen molar-refractivity contribution < 1.29 is 17.9 Å². The highest BCUT2D eigenvalue weighted by atomic mass is 32.2. The zero-order valence-electron chi connectivity index (χ0n) is 8.36. The Hall–Kier alpha value is 0.0600. The molecule has 0 aromatic carbocycles. The average Bonchev–Trinajstić information content (AvgIpc) is 2.07. The van der Waals surface area contributed by atoms with Crippen molar-refractivity contribution in [3.05, 3.63) is 0 Å². The van der Waals surface area contributed by atoms with Crippen LogP contribution in [-0.2, 0) is 4.74 Å². The smallest absolute Gasteiger partial charge is 0.385 e. The Kier molecular flexibility index (Phi) is 7.40. The fourth-order valence-corrected chi connectivity index (χ4v) is 1.32. The lowest BCUT2D eigenvalue weighted by Gasteiger charge is -2.13. The summed E-state index contributed by atoms with van der Waals surface area (Å²) in [6.45, 7) is 2.92. The van der Waals surface area contributed by atoms with Crippen molar-refractivity contribution >= 4 is 11.8 Å². The van der Waals surface area contributed by atoms with Crippen LogP contribution >= 0.6 is 11.8 Å². The average molecular weight is 231 g/mol. The molecule has 0 rings (SSSR count). The molecule has 1 atom stereocenters. The molecule has 0 heterocycles. The highest BCUT2D eigenvalue weighted by Gasteiger charge is 2.27. The van der Waals surface area contributed by atoms with Gasteiger partial charge in [-0.25, -0.2) is 0 Å². The van der Waals surface area contributed by atoms with Gasteiger partial charge in [0.2, 0.25) is 0 Å². The standard InChI is InChI=1S/C8H16F3NOS/c1-7(3-5-13-2)12-4-6-14-8(9,10)11/h7,12H,3-6H2,1-2H3. The molecule has 6 heteroatoms. The molecule has 0 fully saturated rings. The van der Waals surface area contributed by atoms with Gasteiger partial charge in [0.15, 0.2) is 0 Å². The molecule has 1 N–H and O–H groups in total. The van der Waals surface area contributed by atoms with Crippen LogP contribution in [0.3, 0.4) is 0 Å². The van der Waals surface area contributed by atoms with Crippen LogP contribution in [0.2, 0.25) is 0 Å². The molecular formula is C8H16F3NOS. The Morgan fingerprint density at radius 3 is 2.57 bits per heavy atom. The number of ether oxygens (including phenoxy) is 1. The first kappa shape index (κ1) is 14.1. The summed E-state index contributed by atoms with van der Waals surface area (Å²) in [6.07, 6.45) is 0.813. The van der Waals surface area contributed by atoms with Gasteiger partial charge in [0.1, 0.15) is 0 Å². The van der Waals surface area contributed by atoms with Crippen LogP contribution in [-0.4, -0.2) is 37.6 Å². The van der Waals surface area contributed by atoms with E-state index >= 15 is 0 Å². The third-order valence-electron chi connectivity index (χ3n) is 1.62. The summed E-state index contributed by atoms with van der Waals surface area (Å²) in [5.74, 6) is 0.0564. The third kappa shape index (κ3) is 10.1. The lowest BCUT2D eigenvalue weighted by atomic mass is 10.2. The first-order valence-corrected chi connectivity index (χ1v) is 5.37. The van der Waals surface area contributed by atoms with Gasteiger partial charge in [-0.1, -0.05) is 0 Å². The lowest BCUT2D eigenvalue weighted by molar-refractivity contribution is -0.0327. The van der Waals surface area contributed by atoms with Gasteiger partial charge in [-0.05, 0) is 25.1 Å². The summed E-state index contributed by atoms with van der Waals surface area (Å²) in [5.41, 5.74) is -4.11. The van der Waals surface area contributed by atoms with Crippen molar-refractivity contribution in [2.24, 2.45) is 0 Å². The predicted molar refractivity (Wildman–Crippen MR) is 52.5 cm³/mol. The number of hydrogen-bond acceptors (Lipinski definition) is 3.